The molecule has 5 rings (SSSR count). The maximum Gasteiger partial charge on any atom is 0.192 e. The quantitative estimate of drug-likeness (QED) is 0.542. The van der Waals surface area contributed by atoms with Crippen LogP contribution in [0.2, 0.25) is 0 Å². The van der Waals surface area contributed by atoms with Gasteiger partial charge in [-0.15, -0.1) is 0 Å². The molecule has 3 aromatic heterocycles. The zero-order valence-corrected chi connectivity index (χ0v) is 17.5. The first kappa shape index (κ1) is 19.7. The minimum atomic E-state index is 0.0509. The molecule has 31 heavy (non-hydrogen) atoms. The molecule has 7 nitrogen and oxygen atoms in total. The summed E-state index contributed by atoms with van der Waals surface area (Å²) in [6.07, 6.45) is 5.70. The van der Waals surface area contributed by atoms with Crippen molar-refractivity contribution < 1.29 is 4.74 Å². The van der Waals surface area contributed by atoms with Gasteiger partial charge in [-0.3, -0.25) is 19.4 Å². The molecule has 0 unspecified atom stereocenters. The Labute approximate surface area is 180 Å². The molecule has 0 radical (unpaired) electrons. The standard InChI is InChI=1S/C24H25N5O2/c1-17-23(27-22-5-3-2-4-20(22)24(17)30)18-6-7-21(25-14-18)19-15-26-29(16-19)9-8-28-10-12-31-13-11-28/h2-7,14-16H,8-13H2,1H3,(H,27,30). The van der Waals surface area contributed by atoms with E-state index in [1.54, 1.807) is 0 Å². The third kappa shape index (κ3) is 4.02. The summed E-state index contributed by atoms with van der Waals surface area (Å²) in [7, 11) is 0. The molecular formula is C24H25N5O2. The molecule has 158 valence electrons. The van der Waals surface area contributed by atoms with Gasteiger partial charge in [-0.25, -0.2) is 0 Å². The van der Waals surface area contributed by atoms with E-state index in [9.17, 15) is 4.79 Å². The number of hydrogen-bond donors (Lipinski definition) is 1. The van der Waals surface area contributed by atoms with Crippen molar-refractivity contribution in [3.63, 3.8) is 0 Å². The van der Waals surface area contributed by atoms with Crippen LogP contribution in [-0.2, 0) is 11.3 Å². The summed E-state index contributed by atoms with van der Waals surface area (Å²) in [4.78, 5) is 23.2. The molecule has 0 spiro atoms. The Morgan fingerprint density at radius 2 is 1.87 bits per heavy atom. The van der Waals surface area contributed by atoms with E-state index in [-0.39, 0.29) is 5.43 Å². The Balaban J connectivity index is 1.35. The van der Waals surface area contributed by atoms with Crippen LogP contribution in [-0.4, -0.2) is 57.5 Å². The summed E-state index contributed by atoms with van der Waals surface area (Å²) in [6, 6.07) is 11.6. The van der Waals surface area contributed by atoms with Gasteiger partial charge in [-0.05, 0) is 31.2 Å². The molecule has 4 heterocycles. The van der Waals surface area contributed by atoms with Crippen molar-refractivity contribution in [2.24, 2.45) is 0 Å². The lowest BCUT2D eigenvalue weighted by Crippen LogP contribution is -2.38. The largest absolute Gasteiger partial charge is 0.379 e. The maximum atomic E-state index is 12.7. The number of fused-ring (bicyclic) bond motifs is 1. The number of aromatic nitrogens is 4. The Morgan fingerprint density at radius 1 is 1.03 bits per heavy atom. The average molecular weight is 415 g/mol. The molecule has 1 fully saturated rings. The molecular weight excluding hydrogens is 390 g/mol. The van der Waals surface area contributed by atoms with E-state index in [0.717, 1.165) is 67.4 Å². The maximum absolute atomic E-state index is 12.7. The van der Waals surface area contributed by atoms with Crippen LogP contribution in [0.3, 0.4) is 0 Å². The molecule has 1 saturated heterocycles. The molecule has 1 N–H and O–H groups in total. The number of morpholine rings is 1. The van der Waals surface area contributed by atoms with Crippen molar-refractivity contribution >= 4 is 10.9 Å². The van der Waals surface area contributed by atoms with Gasteiger partial charge in [0.25, 0.3) is 0 Å². The van der Waals surface area contributed by atoms with Crippen molar-refractivity contribution in [1.82, 2.24) is 24.6 Å². The van der Waals surface area contributed by atoms with Crippen LogP contribution in [0.5, 0.6) is 0 Å². The van der Waals surface area contributed by atoms with Gasteiger partial charge >= 0.3 is 0 Å². The van der Waals surface area contributed by atoms with E-state index in [1.165, 1.54) is 0 Å². The highest BCUT2D eigenvalue weighted by molar-refractivity contribution is 5.83. The first-order chi connectivity index (χ1) is 15.2. The van der Waals surface area contributed by atoms with Crippen LogP contribution in [0, 0.1) is 6.92 Å². The number of H-pyrrole nitrogens is 1. The number of para-hydroxylation sites is 1. The lowest BCUT2D eigenvalue weighted by atomic mass is 10.0. The molecule has 0 bridgehead atoms. The van der Waals surface area contributed by atoms with Gasteiger partial charge in [0.1, 0.15) is 0 Å². The fourth-order valence-corrected chi connectivity index (χ4v) is 4.02. The number of rotatable bonds is 5. The van der Waals surface area contributed by atoms with Crippen LogP contribution in [0.1, 0.15) is 5.56 Å². The lowest BCUT2D eigenvalue weighted by molar-refractivity contribution is 0.0360. The molecule has 4 aromatic rings. The Morgan fingerprint density at radius 3 is 2.68 bits per heavy atom. The average Bonchev–Trinajstić information content (AvgIpc) is 3.30. The van der Waals surface area contributed by atoms with Crippen LogP contribution < -0.4 is 5.43 Å². The van der Waals surface area contributed by atoms with Gasteiger partial charge in [-0.2, -0.15) is 5.10 Å². The third-order valence-corrected chi connectivity index (χ3v) is 5.88. The van der Waals surface area contributed by atoms with Crippen molar-refractivity contribution in [3.05, 3.63) is 70.8 Å². The topological polar surface area (TPSA) is 76.0 Å². The highest BCUT2D eigenvalue weighted by Gasteiger charge is 2.12. The zero-order valence-electron chi connectivity index (χ0n) is 17.5. The molecule has 1 aliphatic rings. The lowest BCUT2D eigenvalue weighted by Gasteiger charge is -2.26. The summed E-state index contributed by atoms with van der Waals surface area (Å²) in [5.41, 5.74) is 5.13. The van der Waals surface area contributed by atoms with Gasteiger partial charge in [-0.1, -0.05) is 12.1 Å². The van der Waals surface area contributed by atoms with Gasteiger partial charge in [0, 0.05) is 59.6 Å². The Bertz CT molecular complexity index is 1250. The van der Waals surface area contributed by atoms with Gasteiger partial charge in [0.2, 0.25) is 0 Å². The number of hydrogen-bond acceptors (Lipinski definition) is 5. The zero-order chi connectivity index (χ0) is 21.2. The number of benzene rings is 1. The van der Waals surface area contributed by atoms with Crippen molar-refractivity contribution in [2.75, 3.05) is 32.8 Å². The van der Waals surface area contributed by atoms with E-state index >= 15 is 0 Å². The van der Waals surface area contributed by atoms with E-state index in [1.807, 2.05) is 66.6 Å². The minimum absolute atomic E-state index is 0.0509. The van der Waals surface area contributed by atoms with E-state index in [0.29, 0.717) is 10.9 Å². The summed E-state index contributed by atoms with van der Waals surface area (Å²) in [5.74, 6) is 0. The highest BCUT2D eigenvalue weighted by atomic mass is 16.5. The van der Waals surface area contributed by atoms with Crippen LogP contribution in [0.25, 0.3) is 33.4 Å². The molecule has 0 amide bonds. The van der Waals surface area contributed by atoms with E-state index < -0.39 is 0 Å². The highest BCUT2D eigenvalue weighted by Crippen LogP contribution is 2.24. The number of nitrogens with zero attached hydrogens (tertiary/aromatic N) is 4. The number of aromatic amines is 1. The molecule has 0 saturated carbocycles. The van der Waals surface area contributed by atoms with Crippen molar-refractivity contribution in [1.29, 1.82) is 0 Å². The SMILES string of the molecule is Cc1c(-c2ccc(-c3cnn(CCN4CCOCC4)c3)nc2)[nH]c2ccccc2c1=O. The van der Waals surface area contributed by atoms with E-state index in [4.69, 9.17) is 4.74 Å². The Hall–Kier alpha value is -3.29. The number of ether oxygens (including phenoxy) is 1. The molecule has 0 atom stereocenters. The minimum Gasteiger partial charge on any atom is -0.379 e. The summed E-state index contributed by atoms with van der Waals surface area (Å²) >= 11 is 0. The molecule has 7 heteroatoms. The predicted molar refractivity (Wildman–Crippen MR) is 121 cm³/mol. The van der Waals surface area contributed by atoms with Gasteiger partial charge in [0.15, 0.2) is 5.43 Å². The first-order valence-electron chi connectivity index (χ1n) is 10.6. The number of pyridine rings is 2. The fraction of sp³-hybridized carbons (Fsp3) is 0.292. The Kier molecular flexibility index (Phi) is 5.36. The second-order valence-electron chi connectivity index (χ2n) is 7.88. The van der Waals surface area contributed by atoms with E-state index in [2.05, 4.69) is 20.0 Å². The molecule has 0 aliphatic carbocycles. The van der Waals surface area contributed by atoms with Crippen LogP contribution in [0.15, 0.2) is 59.8 Å². The number of nitrogens with one attached hydrogen (secondary N) is 1. The van der Waals surface area contributed by atoms with Crippen molar-refractivity contribution in [3.8, 4) is 22.5 Å². The smallest absolute Gasteiger partial charge is 0.192 e. The third-order valence-electron chi connectivity index (χ3n) is 5.88. The van der Waals surface area contributed by atoms with Crippen LogP contribution >= 0.6 is 0 Å². The monoisotopic (exact) mass is 415 g/mol. The van der Waals surface area contributed by atoms with Crippen molar-refractivity contribution in [2.45, 2.75) is 13.5 Å². The summed E-state index contributed by atoms with van der Waals surface area (Å²) in [6.45, 7) is 7.24. The summed E-state index contributed by atoms with van der Waals surface area (Å²) < 4.78 is 7.36. The summed E-state index contributed by atoms with van der Waals surface area (Å²) in [5, 5.41) is 5.20. The van der Waals surface area contributed by atoms with Gasteiger partial charge in [0.05, 0.1) is 37.3 Å². The van der Waals surface area contributed by atoms with Crippen LogP contribution in [0.4, 0.5) is 0 Å². The normalized spacial score (nSPS) is 14.9. The second kappa shape index (κ2) is 8.45. The second-order valence-corrected chi connectivity index (χ2v) is 7.88. The molecule has 1 aromatic carbocycles. The predicted octanol–water partition coefficient (Wildman–Crippen LogP) is 3.09. The first-order valence-corrected chi connectivity index (χ1v) is 10.6. The fourth-order valence-electron chi connectivity index (χ4n) is 4.02. The van der Waals surface area contributed by atoms with Gasteiger partial charge < -0.3 is 9.72 Å². The molecule has 1 aliphatic heterocycles.